The van der Waals surface area contributed by atoms with Crippen molar-refractivity contribution in [2.75, 3.05) is 39.7 Å². The first-order chi connectivity index (χ1) is 22.8. The molecule has 47 heavy (non-hydrogen) atoms. The monoisotopic (exact) mass is 666 g/mol. The molecule has 1 aliphatic heterocycles. The summed E-state index contributed by atoms with van der Waals surface area (Å²) >= 11 is 0. The summed E-state index contributed by atoms with van der Waals surface area (Å²) in [6, 6.07) is 21.8. The van der Waals surface area contributed by atoms with E-state index in [0.29, 0.717) is 35.5 Å². The molecule has 0 spiro atoms. The summed E-state index contributed by atoms with van der Waals surface area (Å²) in [5, 5.41) is 12.8. The Morgan fingerprint density at radius 3 is 2.47 bits per heavy atom. The van der Waals surface area contributed by atoms with E-state index in [1.165, 1.54) is 26.4 Å². The normalized spacial score (nSPS) is 17.4. The number of hydrogen-bond donors (Lipinski definition) is 3. The molecule has 3 aromatic carbocycles. The van der Waals surface area contributed by atoms with Gasteiger partial charge in [0.2, 0.25) is 5.90 Å². The van der Waals surface area contributed by atoms with E-state index < -0.39 is 39.4 Å². The molecule has 1 aliphatic rings. The second-order valence-electron chi connectivity index (χ2n) is 10.5. The number of hydrazine groups is 1. The number of methoxy groups -OCH3 is 2. The molecule has 3 aromatic rings. The number of aliphatic imine (C=N–C) groups is 1. The third-order valence-corrected chi connectivity index (χ3v) is 9.25. The fraction of sp³-hybridized carbons (Fsp3) is 0.375. The highest BCUT2D eigenvalue weighted by atomic mass is 32.2. The Hall–Kier alpha value is -4.50. The number of nitrogens with one attached hydrogen (secondary N) is 2. The lowest BCUT2D eigenvalue weighted by Gasteiger charge is -2.31. The number of carbonyl (C=O) groups excluding carboxylic acids is 1. The Kier molecular flexibility index (Phi) is 12.7. The summed E-state index contributed by atoms with van der Waals surface area (Å²) in [5.74, 6) is -0.426. The van der Waals surface area contributed by atoms with Crippen molar-refractivity contribution in [2.24, 2.45) is 10.1 Å². The van der Waals surface area contributed by atoms with Crippen LogP contribution in [0.25, 0.3) is 10.4 Å². The van der Waals surface area contributed by atoms with Crippen molar-refractivity contribution < 1.29 is 37.3 Å². The molecule has 0 unspecified atom stereocenters. The van der Waals surface area contributed by atoms with E-state index >= 15 is 0 Å². The fourth-order valence-corrected chi connectivity index (χ4v) is 6.40. The van der Waals surface area contributed by atoms with Gasteiger partial charge in [0.05, 0.1) is 30.3 Å². The summed E-state index contributed by atoms with van der Waals surface area (Å²) in [4.78, 5) is 22.1. The van der Waals surface area contributed by atoms with E-state index in [2.05, 4.69) is 20.9 Å². The number of sulfone groups is 1. The maximum Gasteiger partial charge on any atom is 0.266 e. The third kappa shape index (κ3) is 8.86. The van der Waals surface area contributed by atoms with Gasteiger partial charge in [0.25, 0.3) is 5.91 Å². The fourth-order valence-electron chi connectivity index (χ4n) is 5.01. The van der Waals surface area contributed by atoms with Crippen molar-refractivity contribution in [1.82, 2.24) is 10.9 Å². The number of hydrogen-bond acceptors (Lipinski definition) is 11. The van der Waals surface area contributed by atoms with Crippen LogP contribution in [-0.2, 0) is 35.4 Å². The molecule has 250 valence electrons. The van der Waals surface area contributed by atoms with Crippen LogP contribution in [-0.4, -0.2) is 76.9 Å². The van der Waals surface area contributed by atoms with Crippen LogP contribution in [0.3, 0.4) is 0 Å². The molecule has 0 radical (unpaired) electrons. The Bertz CT molecular complexity index is 1660. The number of carbonyl (C=O) groups is 1. The van der Waals surface area contributed by atoms with Crippen molar-refractivity contribution in [3.05, 3.63) is 106 Å². The predicted molar refractivity (Wildman–Crippen MR) is 173 cm³/mol. The van der Waals surface area contributed by atoms with Gasteiger partial charge in [-0.25, -0.2) is 18.8 Å². The molecular formula is C32H38N6O8S. The van der Waals surface area contributed by atoms with E-state index in [0.717, 1.165) is 0 Å². The largest absolute Gasteiger partial charge is 0.494 e. The summed E-state index contributed by atoms with van der Waals surface area (Å²) in [6.45, 7) is 0.367. The van der Waals surface area contributed by atoms with Gasteiger partial charge in [-0.05, 0) is 53.1 Å². The Labute approximate surface area is 273 Å². The zero-order valence-electron chi connectivity index (χ0n) is 26.1. The van der Waals surface area contributed by atoms with Gasteiger partial charge in [-0.3, -0.25) is 10.2 Å². The lowest BCUT2D eigenvalue weighted by molar-refractivity contribution is -0.131. The van der Waals surface area contributed by atoms with Crippen LogP contribution in [0.5, 0.6) is 5.75 Å². The van der Waals surface area contributed by atoms with E-state index in [9.17, 15) is 13.2 Å². The third-order valence-electron chi connectivity index (χ3n) is 7.52. The van der Waals surface area contributed by atoms with Crippen LogP contribution >= 0.6 is 0 Å². The van der Waals surface area contributed by atoms with Gasteiger partial charge in [0, 0.05) is 44.1 Å². The molecule has 2 atom stereocenters. The minimum atomic E-state index is -3.86. The van der Waals surface area contributed by atoms with Crippen molar-refractivity contribution in [3.63, 3.8) is 0 Å². The Morgan fingerprint density at radius 2 is 1.79 bits per heavy atom. The molecule has 1 heterocycles. The second-order valence-corrected chi connectivity index (χ2v) is 12.6. The highest BCUT2D eigenvalue weighted by Gasteiger charge is 2.54. The van der Waals surface area contributed by atoms with Gasteiger partial charge in [0.1, 0.15) is 5.75 Å². The zero-order chi connectivity index (χ0) is 33.7. The summed E-state index contributed by atoms with van der Waals surface area (Å²) in [7, 11) is -0.950. The molecular weight excluding hydrogens is 628 g/mol. The molecule has 1 amide bonds. The highest BCUT2D eigenvalue weighted by molar-refractivity contribution is 7.91. The van der Waals surface area contributed by atoms with E-state index in [1.807, 2.05) is 0 Å². The molecule has 0 aromatic heterocycles. The smallest absolute Gasteiger partial charge is 0.266 e. The van der Waals surface area contributed by atoms with Gasteiger partial charge < -0.3 is 24.1 Å². The average Bonchev–Trinajstić information content (AvgIpc) is 3.50. The van der Waals surface area contributed by atoms with E-state index in [4.69, 9.17) is 34.6 Å². The van der Waals surface area contributed by atoms with Crippen molar-refractivity contribution in [3.8, 4) is 5.75 Å². The lowest BCUT2D eigenvalue weighted by atomic mass is 9.83. The van der Waals surface area contributed by atoms with Gasteiger partial charge >= 0.3 is 0 Å². The van der Waals surface area contributed by atoms with Crippen molar-refractivity contribution in [1.29, 1.82) is 0 Å². The molecule has 14 nitrogen and oxygen atoms in total. The molecule has 0 saturated carbocycles. The molecule has 0 saturated heterocycles. The highest BCUT2D eigenvalue weighted by Crippen LogP contribution is 2.44. The van der Waals surface area contributed by atoms with E-state index in [1.54, 1.807) is 66.7 Å². The van der Waals surface area contributed by atoms with Crippen LogP contribution in [0.15, 0.2) is 93.9 Å². The first kappa shape index (κ1) is 35.4. The van der Waals surface area contributed by atoms with Gasteiger partial charge in [-0.2, -0.15) is 0 Å². The molecule has 0 aliphatic carbocycles. The number of ether oxygens (including phenoxy) is 4. The first-order valence-electron chi connectivity index (χ1n) is 14.8. The summed E-state index contributed by atoms with van der Waals surface area (Å²) in [5.41, 5.74) is 14.3. The topological polar surface area (TPSA) is 194 Å². The van der Waals surface area contributed by atoms with Gasteiger partial charge in [-0.1, -0.05) is 47.6 Å². The first-order valence-corrected chi connectivity index (χ1v) is 16.5. The standard InChI is InChI=1S/C32H38N6O8S/c1-43-28(44-2)22-34-37-31(40)32(17-20-47(41,42)26-10-4-3-5-11-26)29(27-12-7-6-9-24(27)21-35-38-33)46-30(36-32)23-13-15-25(16-14-23)45-19-8-18-39/h3-7,9-16,28-29,34,39H,8,17-22H2,1-2H3,(H,37,40)/t29-,32-/m0/s1. The van der Waals surface area contributed by atoms with E-state index in [-0.39, 0.29) is 36.9 Å². The van der Waals surface area contributed by atoms with Crippen LogP contribution in [0.2, 0.25) is 0 Å². The minimum absolute atomic E-state index is 0.00185. The summed E-state index contributed by atoms with van der Waals surface area (Å²) in [6.07, 6.45) is -1.58. The molecule has 0 fully saturated rings. The number of aliphatic hydroxyl groups is 1. The number of aliphatic hydroxyl groups excluding tert-OH is 1. The maximum absolute atomic E-state index is 14.3. The SMILES string of the molecule is COC(CNNC(=O)[C@@]1(CCS(=O)(=O)c2ccccc2)N=C(c2ccc(OCCCO)cc2)O[C@H]1c1ccccc1CN=[N+]=[N-])OC. The number of azide groups is 1. The number of amides is 1. The van der Waals surface area contributed by atoms with Crippen molar-refractivity contribution in [2.45, 2.75) is 42.2 Å². The second kappa shape index (κ2) is 16.9. The zero-order valence-corrected chi connectivity index (χ0v) is 26.9. The predicted octanol–water partition coefficient (Wildman–Crippen LogP) is 3.62. The number of rotatable bonds is 18. The van der Waals surface area contributed by atoms with Gasteiger partial charge in [0.15, 0.2) is 27.8 Å². The summed E-state index contributed by atoms with van der Waals surface area (Å²) < 4.78 is 49.6. The average molecular weight is 667 g/mol. The lowest BCUT2D eigenvalue weighted by Crippen LogP contribution is -2.54. The van der Waals surface area contributed by atoms with Gasteiger partial charge in [-0.15, -0.1) is 0 Å². The number of nitrogens with zero attached hydrogens (tertiary/aromatic N) is 4. The Balaban J connectivity index is 1.80. The maximum atomic E-state index is 14.3. The molecule has 3 N–H and O–H groups in total. The van der Waals surface area contributed by atoms with Crippen LogP contribution in [0.1, 0.15) is 35.6 Å². The molecule has 15 heteroatoms. The Morgan fingerprint density at radius 1 is 1.09 bits per heavy atom. The molecule has 0 bridgehead atoms. The number of benzene rings is 3. The van der Waals surface area contributed by atoms with Crippen LogP contribution in [0, 0.1) is 0 Å². The van der Waals surface area contributed by atoms with Crippen molar-refractivity contribution >= 4 is 21.6 Å². The molecule has 4 rings (SSSR count). The minimum Gasteiger partial charge on any atom is -0.494 e. The van der Waals surface area contributed by atoms with Crippen LogP contribution < -0.4 is 15.6 Å². The quantitative estimate of drug-likeness (QED) is 0.0454. The van der Waals surface area contributed by atoms with Crippen LogP contribution in [0.4, 0.5) is 0 Å².